The topological polar surface area (TPSA) is 12.5 Å². The van der Waals surface area contributed by atoms with E-state index in [1.54, 1.807) is 0 Å². The maximum absolute atomic E-state index is 6.18. The quantitative estimate of drug-likeness (QED) is 0.827. The number of ether oxygens (including phenoxy) is 1. The molecule has 5 heteroatoms. The van der Waals surface area contributed by atoms with Crippen molar-refractivity contribution in [3.63, 3.8) is 0 Å². The van der Waals surface area contributed by atoms with Gasteiger partial charge in [0.25, 0.3) is 0 Å². The van der Waals surface area contributed by atoms with Crippen LogP contribution in [0.3, 0.4) is 0 Å². The van der Waals surface area contributed by atoms with Gasteiger partial charge in [0.15, 0.2) is 0 Å². The van der Waals surface area contributed by atoms with Crippen LogP contribution < -0.4 is 0 Å². The third kappa shape index (κ3) is 2.46. The Morgan fingerprint density at radius 1 is 1.35 bits per heavy atom. The van der Waals surface area contributed by atoms with Crippen molar-refractivity contribution in [2.24, 2.45) is 11.8 Å². The maximum Gasteiger partial charge on any atom is 0.0595 e. The highest BCUT2D eigenvalue weighted by molar-refractivity contribution is 6.42. The lowest BCUT2D eigenvalue weighted by Crippen LogP contribution is -2.27. The zero-order valence-corrected chi connectivity index (χ0v) is 14.1. The molecule has 0 N–H and O–H groups in total. The molecule has 0 unspecified atom stereocenters. The van der Waals surface area contributed by atoms with Crippen LogP contribution in [0.25, 0.3) is 0 Å². The van der Waals surface area contributed by atoms with Crippen LogP contribution in [0.15, 0.2) is 18.2 Å². The van der Waals surface area contributed by atoms with Crippen LogP contribution in [0.1, 0.15) is 12.5 Å². The van der Waals surface area contributed by atoms with Gasteiger partial charge in [0.05, 0.1) is 16.7 Å². The number of piperidine rings is 1. The largest absolute Gasteiger partial charge is 0.381 e. The van der Waals surface area contributed by atoms with Gasteiger partial charge in [0, 0.05) is 25.1 Å². The fourth-order valence-electron chi connectivity index (χ4n) is 3.79. The average Bonchev–Trinajstić information content (AvgIpc) is 2.80. The summed E-state index contributed by atoms with van der Waals surface area (Å²) >= 11 is 12.2. The van der Waals surface area contributed by atoms with E-state index >= 15 is 0 Å². The summed E-state index contributed by atoms with van der Waals surface area (Å²) in [5.74, 6) is 1.32. The lowest BCUT2D eigenvalue weighted by atomic mass is 9.93. The molecule has 3 rings (SSSR count). The van der Waals surface area contributed by atoms with Crippen molar-refractivity contribution in [2.75, 3.05) is 33.4 Å². The summed E-state index contributed by atoms with van der Waals surface area (Å²) in [6, 6.07) is 6.09. The molecule has 0 radical (unpaired) electrons. The van der Waals surface area contributed by atoms with Crippen molar-refractivity contribution in [3.8, 4) is 0 Å². The van der Waals surface area contributed by atoms with Gasteiger partial charge in [-0.15, -0.1) is 12.4 Å². The lowest BCUT2D eigenvalue weighted by Gasteiger charge is -2.21. The Kier molecular flexibility index (Phi) is 4.93. The van der Waals surface area contributed by atoms with Crippen LogP contribution in [0.4, 0.5) is 0 Å². The number of hydrogen-bond donors (Lipinski definition) is 0. The number of halogens is 3. The van der Waals surface area contributed by atoms with Gasteiger partial charge in [-0.2, -0.15) is 0 Å². The van der Waals surface area contributed by atoms with E-state index < -0.39 is 0 Å². The number of likely N-dealkylation sites (tertiary alicyclic amines) is 1. The number of rotatable bonds is 4. The summed E-state index contributed by atoms with van der Waals surface area (Å²) in [5, 5.41) is 1.29. The molecule has 0 spiro atoms. The summed E-state index contributed by atoms with van der Waals surface area (Å²) in [6.07, 6.45) is 0. The van der Waals surface area contributed by atoms with E-state index in [-0.39, 0.29) is 17.8 Å². The molecule has 0 aromatic heterocycles. The van der Waals surface area contributed by atoms with Gasteiger partial charge in [0.1, 0.15) is 0 Å². The minimum Gasteiger partial charge on any atom is -0.381 e. The second kappa shape index (κ2) is 6.02. The fourth-order valence-corrected chi connectivity index (χ4v) is 4.09. The van der Waals surface area contributed by atoms with Crippen LogP contribution in [0.5, 0.6) is 0 Å². The SMILES string of the molecule is CCOC[C@@H]1[C@H]2CN(C)C[C@@]12c1ccc(Cl)c(Cl)c1.Cl. The number of fused-ring (bicyclic) bond motifs is 1. The summed E-state index contributed by atoms with van der Waals surface area (Å²) in [7, 11) is 2.18. The molecule has 2 fully saturated rings. The Morgan fingerprint density at radius 3 is 2.75 bits per heavy atom. The Hall–Kier alpha value is 0.01000. The second-order valence-corrected chi connectivity index (χ2v) is 6.55. The maximum atomic E-state index is 6.18. The average molecular weight is 337 g/mol. The van der Waals surface area contributed by atoms with Crippen LogP contribution in [-0.4, -0.2) is 38.3 Å². The monoisotopic (exact) mass is 335 g/mol. The molecule has 1 heterocycles. The van der Waals surface area contributed by atoms with Crippen LogP contribution >= 0.6 is 35.6 Å². The molecular formula is C15H20Cl3NO. The summed E-state index contributed by atoms with van der Waals surface area (Å²) in [5.41, 5.74) is 1.55. The van der Waals surface area contributed by atoms with Gasteiger partial charge in [-0.05, 0) is 43.5 Å². The van der Waals surface area contributed by atoms with Crippen molar-refractivity contribution in [2.45, 2.75) is 12.3 Å². The van der Waals surface area contributed by atoms with Crippen molar-refractivity contribution in [1.82, 2.24) is 4.90 Å². The van der Waals surface area contributed by atoms with Crippen LogP contribution in [0, 0.1) is 11.8 Å². The highest BCUT2D eigenvalue weighted by Crippen LogP contribution is 2.64. The molecule has 2 nitrogen and oxygen atoms in total. The van der Waals surface area contributed by atoms with Crippen LogP contribution in [0.2, 0.25) is 10.0 Å². The zero-order chi connectivity index (χ0) is 13.6. The first-order chi connectivity index (χ1) is 9.09. The number of nitrogens with zero attached hydrogens (tertiary/aromatic N) is 1. The summed E-state index contributed by atoms with van der Waals surface area (Å²) in [4.78, 5) is 2.40. The van der Waals surface area contributed by atoms with E-state index in [9.17, 15) is 0 Å². The zero-order valence-electron chi connectivity index (χ0n) is 11.7. The Morgan fingerprint density at radius 2 is 2.10 bits per heavy atom. The van der Waals surface area contributed by atoms with Gasteiger partial charge in [-0.3, -0.25) is 0 Å². The Bertz CT molecular complexity index is 496. The molecule has 2 aliphatic rings. The van der Waals surface area contributed by atoms with E-state index in [1.807, 2.05) is 12.1 Å². The van der Waals surface area contributed by atoms with Crippen molar-refractivity contribution in [1.29, 1.82) is 0 Å². The predicted octanol–water partition coefficient (Wildman–Crippen LogP) is 3.88. The Labute approximate surface area is 136 Å². The molecule has 0 amide bonds. The van der Waals surface area contributed by atoms with Gasteiger partial charge in [-0.25, -0.2) is 0 Å². The van der Waals surface area contributed by atoms with Crippen molar-refractivity contribution in [3.05, 3.63) is 33.8 Å². The standard InChI is InChI=1S/C15H19Cl2NO.ClH/c1-3-19-8-12-11-7-18(2)9-15(11,12)10-4-5-13(16)14(17)6-10;/h4-6,11-12H,3,7-9H2,1-2H3;1H/t11-,12-,15+;/m1./s1. The highest BCUT2D eigenvalue weighted by Gasteiger charge is 2.68. The third-order valence-electron chi connectivity index (χ3n) is 4.70. The van der Waals surface area contributed by atoms with Gasteiger partial charge >= 0.3 is 0 Å². The molecule has 20 heavy (non-hydrogen) atoms. The van der Waals surface area contributed by atoms with E-state index in [2.05, 4.69) is 24.9 Å². The highest BCUT2D eigenvalue weighted by atomic mass is 35.5. The smallest absolute Gasteiger partial charge is 0.0595 e. The number of benzene rings is 1. The molecular weight excluding hydrogens is 317 g/mol. The summed E-state index contributed by atoms with van der Waals surface area (Å²) < 4.78 is 5.65. The van der Waals surface area contributed by atoms with E-state index in [0.29, 0.717) is 21.9 Å². The van der Waals surface area contributed by atoms with Crippen molar-refractivity contribution >= 4 is 35.6 Å². The first-order valence-corrected chi connectivity index (χ1v) is 7.57. The second-order valence-electron chi connectivity index (χ2n) is 5.74. The molecule has 1 aromatic rings. The van der Waals surface area contributed by atoms with Gasteiger partial charge in [-0.1, -0.05) is 29.3 Å². The molecule has 0 bridgehead atoms. The molecule has 3 atom stereocenters. The normalized spacial score (nSPS) is 31.8. The molecule has 1 aliphatic carbocycles. The minimum absolute atomic E-state index is 0. The minimum atomic E-state index is 0. The molecule has 1 saturated carbocycles. The van der Waals surface area contributed by atoms with E-state index in [0.717, 1.165) is 26.3 Å². The fraction of sp³-hybridized carbons (Fsp3) is 0.600. The molecule has 1 saturated heterocycles. The van der Waals surface area contributed by atoms with E-state index in [1.165, 1.54) is 5.56 Å². The molecule has 1 aliphatic heterocycles. The first kappa shape index (κ1) is 16.4. The van der Waals surface area contributed by atoms with Gasteiger partial charge in [0.2, 0.25) is 0 Å². The predicted molar refractivity (Wildman–Crippen MR) is 86.4 cm³/mol. The first-order valence-electron chi connectivity index (χ1n) is 6.81. The third-order valence-corrected chi connectivity index (χ3v) is 5.44. The van der Waals surface area contributed by atoms with Crippen molar-refractivity contribution < 1.29 is 4.74 Å². The summed E-state index contributed by atoms with van der Waals surface area (Å²) in [6.45, 7) is 5.94. The molecule has 1 aromatic carbocycles. The van der Waals surface area contributed by atoms with E-state index in [4.69, 9.17) is 27.9 Å². The number of likely N-dealkylation sites (N-methyl/N-ethyl adjacent to an activating group) is 1. The molecule has 112 valence electrons. The lowest BCUT2D eigenvalue weighted by molar-refractivity contribution is 0.120. The van der Waals surface area contributed by atoms with Gasteiger partial charge < -0.3 is 9.64 Å². The Balaban J connectivity index is 0.00000147. The van der Waals surface area contributed by atoms with Crippen LogP contribution in [-0.2, 0) is 10.2 Å². The number of hydrogen-bond acceptors (Lipinski definition) is 2.